The molecule has 1 aliphatic heterocycles. The lowest BCUT2D eigenvalue weighted by Gasteiger charge is -2.25. The average Bonchev–Trinajstić information content (AvgIpc) is 3.25. The van der Waals surface area contributed by atoms with Gasteiger partial charge in [0.25, 0.3) is 10.0 Å². The number of amides is 1. The summed E-state index contributed by atoms with van der Waals surface area (Å²) in [7, 11) is -3.97. The summed E-state index contributed by atoms with van der Waals surface area (Å²) in [6.45, 7) is 5.67. The van der Waals surface area contributed by atoms with Crippen molar-refractivity contribution in [3.05, 3.63) is 88.4 Å². The Kier molecular flexibility index (Phi) is 7.67. The molecule has 1 heterocycles. The zero-order chi connectivity index (χ0) is 25.0. The van der Waals surface area contributed by atoms with Crippen LogP contribution in [0, 0.1) is 13.8 Å². The number of hydrogen-bond donors (Lipinski definition) is 1. The summed E-state index contributed by atoms with van der Waals surface area (Å²) in [5, 5.41) is 3.33. The molecule has 1 amide bonds. The number of halogens is 1. The number of aryl methyl sites for hydroxylation is 2. The van der Waals surface area contributed by atoms with Gasteiger partial charge in [-0.2, -0.15) is 0 Å². The van der Waals surface area contributed by atoms with Crippen molar-refractivity contribution in [3.8, 4) is 0 Å². The van der Waals surface area contributed by atoms with Gasteiger partial charge in [-0.25, -0.2) is 8.42 Å². The lowest BCUT2D eigenvalue weighted by molar-refractivity contribution is -0.119. The topological polar surface area (TPSA) is 69.7 Å². The predicted octanol–water partition coefficient (Wildman–Crippen LogP) is 4.72. The van der Waals surface area contributed by atoms with Crippen molar-refractivity contribution in [3.63, 3.8) is 0 Å². The monoisotopic (exact) mass is 511 g/mol. The van der Waals surface area contributed by atoms with Crippen LogP contribution in [0.1, 0.15) is 23.1 Å². The number of rotatable bonds is 9. The van der Waals surface area contributed by atoms with Crippen LogP contribution in [-0.2, 0) is 21.2 Å². The van der Waals surface area contributed by atoms with E-state index in [0.717, 1.165) is 41.4 Å². The van der Waals surface area contributed by atoms with Crippen LogP contribution >= 0.6 is 11.6 Å². The Labute approximate surface area is 212 Å². The van der Waals surface area contributed by atoms with Crippen molar-refractivity contribution in [1.82, 2.24) is 5.32 Å². The standard InChI is InChI=1S/C27H30ClN3O3S/c1-20-8-12-24(13-9-20)35(33,34)31(23-11-10-21(2)25(28)18-23)19-27(32)29-15-5-16-30-17-14-22-6-3-4-7-26(22)30/h3-4,6-13,18H,5,14-17,19H2,1-2H3,(H,29,32). The number of para-hydroxylation sites is 1. The molecular formula is C27H30ClN3O3S. The SMILES string of the molecule is Cc1ccc(S(=O)(=O)N(CC(=O)NCCCN2CCc3ccccc32)c2ccc(C)c(Cl)c2)cc1. The Balaban J connectivity index is 1.43. The maximum absolute atomic E-state index is 13.5. The largest absolute Gasteiger partial charge is 0.371 e. The highest BCUT2D eigenvalue weighted by Gasteiger charge is 2.27. The van der Waals surface area contributed by atoms with E-state index in [1.54, 1.807) is 42.5 Å². The number of sulfonamides is 1. The van der Waals surface area contributed by atoms with Gasteiger partial charge in [-0.1, -0.05) is 53.6 Å². The number of carbonyl (C=O) groups is 1. The van der Waals surface area contributed by atoms with Gasteiger partial charge in [0.05, 0.1) is 10.6 Å². The molecular weight excluding hydrogens is 482 g/mol. The van der Waals surface area contributed by atoms with Crippen LogP contribution in [0.4, 0.5) is 11.4 Å². The number of benzene rings is 3. The van der Waals surface area contributed by atoms with Crippen molar-refractivity contribution in [2.75, 3.05) is 35.4 Å². The molecule has 0 saturated carbocycles. The number of nitrogens with one attached hydrogen (secondary N) is 1. The van der Waals surface area contributed by atoms with Crippen LogP contribution in [0.15, 0.2) is 71.6 Å². The molecule has 6 nitrogen and oxygen atoms in total. The molecule has 184 valence electrons. The summed E-state index contributed by atoms with van der Waals surface area (Å²) in [5.74, 6) is -0.362. The van der Waals surface area contributed by atoms with Gasteiger partial charge in [-0.05, 0) is 68.1 Å². The second-order valence-electron chi connectivity index (χ2n) is 8.83. The Hall–Kier alpha value is -3.03. The highest BCUT2D eigenvalue weighted by Crippen LogP contribution is 2.29. The van der Waals surface area contributed by atoms with E-state index in [0.29, 0.717) is 17.3 Å². The summed E-state index contributed by atoms with van der Waals surface area (Å²) in [5.41, 5.74) is 4.74. The van der Waals surface area contributed by atoms with Crippen LogP contribution in [0.25, 0.3) is 0 Å². The molecule has 3 aromatic rings. The van der Waals surface area contributed by atoms with Gasteiger partial charge in [0.1, 0.15) is 6.54 Å². The Morgan fingerprint density at radius 3 is 2.54 bits per heavy atom. The lowest BCUT2D eigenvalue weighted by Crippen LogP contribution is -2.41. The van der Waals surface area contributed by atoms with Crippen LogP contribution in [-0.4, -0.2) is 40.5 Å². The zero-order valence-electron chi connectivity index (χ0n) is 20.0. The third-order valence-corrected chi connectivity index (χ3v) is 8.45. The Morgan fingerprint density at radius 2 is 1.80 bits per heavy atom. The number of carbonyl (C=O) groups excluding carboxylic acids is 1. The minimum Gasteiger partial charge on any atom is -0.371 e. The minimum absolute atomic E-state index is 0.125. The summed E-state index contributed by atoms with van der Waals surface area (Å²) in [6, 6.07) is 20.0. The fourth-order valence-corrected chi connectivity index (χ4v) is 5.80. The van der Waals surface area contributed by atoms with Crippen molar-refractivity contribution < 1.29 is 13.2 Å². The molecule has 8 heteroatoms. The minimum atomic E-state index is -3.97. The quantitative estimate of drug-likeness (QED) is 0.422. The Bertz CT molecular complexity index is 1310. The van der Waals surface area contributed by atoms with E-state index >= 15 is 0 Å². The van der Waals surface area contributed by atoms with Crippen molar-refractivity contribution in [2.45, 2.75) is 31.6 Å². The van der Waals surface area contributed by atoms with E-state index in [1.807, 2.05) is 19.9 Å². The molecule has 0 radical (unpaired) electrons. The second kappa shape index (κ2) is 10.7. The molecule has 3 aromatic carbocycles. The van der Waals surface area contributed by atoms with Gasteiger partial charge in [-0.15, -0.1) is 0 Å². The first kappa shape index (κ1) is 25.1. The molecule has 4 rings (SSSR count). The van der Waals surface area contributed by atoms with E-state index in [-0.39, 0.29) is 17.3 Å². The average molecular weight is 512 g/mol. The molecule has 1 N–H and O–H groups in total. The molecule has 0 bridgehead atoms. The first-order valence-corrected chi connectivity index (χ1v) is 13.5. The first-order valence-electron chi connectivity index (χ1n) is 11.7. The maximum Gasteiger partial charge on any atom is 0.264 e. The third-order valence-electron chi connectivity index (χ3n) is 6.25. The van der Waals surface area contributed by atoms with E-state index in [1.165, 1.54) is 11.3 Å². The first-order chi connectivity index (χ1) is 16.8. The molecule has 1 aliphatic rings. The fraction of sp³-hybridized carbons (Fsp3) is 0.296. The fourth-order valence-electron chi connectivity index (χ4n) is 4.21. The molecule has 0 aromatic heterocycles. The molecule has 0 aliphatic carbocycles. The van der Waals surface area contributed by atoms with Crippen LogP contribution < -0.4 is 14.5 Å². The third kappa shape index (κ3) is 5.80. The second-order valence-corrected chi connectivity index (χ2v) is 11.1. The molecule has 0 atom stereocenters. The zero-order valence-corrected chi connectivity index (χ0v) is 21.6. The molecule has 0 spiro atoms. The van der Waals surface area contributed by atoms with Gasteiger partial charge in [0, 0.05) is 30.3 Å². The predicted molar refractivity (Wildman–Crippen MR) is 142 cm³/mol. The van der Waals surface area contributed by atoms with Crippen molar-refractivity contribution >= 4 is 38.9 Å². The van der Waals surface area contributed by atoms with Crippen molar-refractivity contribution in [1.29, 1.82) is 0 Å². The Morgan fingerprint density at radius 1 is 1.06 bits per heavy atom. The molecule has 0 fully saturated rings. The van der Waals surface area contributed by atoms with Gasteiger partial charge in [0.15, 0.2) is 0 Å². The number of anilines is 2. The van der Waals surface area contributed by atoms with Gasteiger partial charge in [-0.3, -0.25) is 9.10 Å². The number of hydrogen-bond acceptors (Lipinski definition) is 4. The van der Waals surface area contributed by atoms with E-state index in [4.69, 9.17) is 11.6 Å². The van der Waals surface area contributed by atoms with Gasteiger partial charge in [0.2, 0.25) is 5.91 Å². The van der Waals surface area contributed by atoms with Gasteiger partial charge >= 0.3 is 0 Å². The van der Waals surface area contributed by atoms with E-state index in [2.05, 4.69) is 28.4 Å². The summed E-state index contributed by atoms with van der Waals surface area (Å²) >= 11 is 6.29. The summed E-state index contributed by atoms with van der Waals surface area (Å²) in [6.07, 6.45) is 1.80. The molecule has 35 heavy (non-hydrogen) atoms. The highest BCUT2D eigenvalue weighted by molar-refractivity contribution is 7.92. The number of fused-ring (bicyclic) bond motifs is 1. The number of nitrogens with zero attached hydrogens (tertiary/aromatic N) is 2. The van der Waals surface area contributed by atoms with Crippen LogP contribution in [0.2, 0.25) is 5.02 Å². The van der Waals surface area contributed by atoms with Crippen molar-refractivity contribution in [2.24, 2.45) is 0 Å². The molecule has 0 unspecified atom stereocenters. The normalized spacial score (nSPS) is 12.9. The smallest absolute Gasteiger partial charge is 0.264 e. The molecule has 0 saturated heterocycles. The van der Waals surface area contributed by atoms with Gasteiger partial charge < -0.3 is 10.2 Å². The lowest BCUT2D eigenvalue weighted by atomic mass is 10.2. The van der Waals surface area contributed by atoms with E-state index < -0.39 is 10.0 Å². The summed E-state index contributed by atoms with van der Waals surface area (Å²) in [4.78, 5) is 15.3. The summed E-state index contributed by atoms with van der Waals surface area (Å²) < 4.78 is 28.1. The highest BCUT2D eigenvalue weighted by atomic mass is 35.5. The van der Waals surface area contributed by atoms with Crippen LogP contribution in [0.3, 0.4) is 0 Å². The van der Waals surface area contributed by atoms with E-state index in [9.17, 15) is 13.2 Å². The maximum atomic E-state index is 13.5. The van der Waals surface area contributed by atoms with Crippen LogP contribution in [0.5, 0.6) is 0 Å².